The molecule has 0 spiro atoms. The summed E-state index contributed by atoms with van der Waals surface area (Å²) in [6, 6.07) is 2.98. The summed E-state index contributed by atoms with van der Waals surface area (Å²) in [5.74, 6) is -0.611. The minimum absolute atomic E-state index is 0.174. The lowest BCUT2D eigenvalue weighted by molar-refractivity contribution is -0.385. The number of carbonyl (C=O) groups is 1. The predicted molar refractivity (Wildman–Crippen MR) is 75.6 cm³/mol. The van der Waals surface area contributed by atoms with Crippen molar-refractivity contribution in [2.45, 2.75) is 12.8 Å². The molecule has 0 unspecified atom stereocenters. The molecule has 1 aromatic rings. The van der Waals surface area contributed by atoms with Crippen molar-refractivity contribution in [2.75, 3.05) is 26.7 Å². The third kappa shape index (κ3) is 3.55. The van der Waals surface area contributed by atoms with Crippen LogP contribution in [0.5, 0.6) is 0 Å². The van der Waals surface area contributed by atoms with Gasteiger partial charge in [0.15, 0.2) is 0 Å². The van der Waals surface area contributed by atoms with Gasteiger partial charge in [-0.05, 0) is 44.5 Å². The van der Waals surface area contributed by atoms with Crippen molar-refractivity contribution in [1.82, 2.24) is 10.2 Å². The number of piperidine rings is 1. The molecule has 0 aliphatic carbocycles. The van der Waals surface area contributed by atoms with Crippen LogP contribution >= 0.6 is 0 Å². The van der Waals surface area contributed by atoms with Crippen LogP contribution in [0.25, 0.3) is 0 Å². The van der Waals surface area contributed by atoms with E-state index in [4.69, 9.17) is 0 Å². The molecule has 114 valence electrons. The summed E-state index contributed by atoms with van der Waals surface area (Å²) in [5.41, 5.74) is -0.522. The van der Waals surface area contributed by atoms with Crippen LogP contribution in [0.2, 0.25) is 0 Å². The van der Waals surface area contributed by atoms with Gasteiger partial charge in [-0.2, -0.15) is 0 Å². The van der Waals surface area contributed by atoms with E-state index in [1.165, 1.54) is 0 Å². The lowest BCUT2D eigenvalue weighted by Crippen LogP contribution is -2.40. The van der Waals surface area contributed by atoms with Gasteiger partial charge in [0, 0.05) is 19.2 Å². The average molecular weight is 295 g/mol. The Morgan fingerprint density at radius 2 is 2.14 bits per heavy atom. The van der Waals surface area contributed by atoms with E-state index in [-0.39, 0.29) is 11.3 Å². The van der Waals surface area contributed by atoms with Crippen molar-refractivity contribution in [3.05, 3.63) is 39.7 Å². The summed E-state index contributed by atoms with van der Waals surface area (Å²) in [7, 11) is 1.88. The zero-order chi connectivity index (χ0) is 15.4. The molecule has 0 atom stereocenters. The van der Waals surface area contributed by atoms with E-state index in [1.54, 1.807) is 4.90 Å². The third-order valence-corrected chi connectivity index (χ3v) is 3.78. The van der Waals surface area contributed by atoms with Gasteiger partial charge in [-0.25, -0.2) is 4.39 Å². The number of rotatable bonds is 4. The van der Waals surface area contributed by atoms with Gasteiger partial charge < -0.3 is 10.2 Å². The van der Waals surface area contributed by atoms with Crippen molar-refractivity contribution >= 4 is 11.6 Å². The summed E-state index contributed by atoms with van der Waals surface area (Å²) < 4.78 is 13.3. The Labute approximate surface area is 122 Å². The van der Waals surface area contributed by atoms with Crippen molar-refractivity contribution < 1.29 is 14.1 Å². The molecule has 2 rings (SSSR count). The average Bonchev–Trinajstić information content (AvgIpc) is 2.47. The number of nitrogens with one attached hydrogen (secondary N) is 1. The van der Waals surface area contributed by atoms with Crippen LogP contribution in [0.1, 0.15) is 23.2 Å². The number of carbonyl (C=O) groups excluding carboxylic acids is 1. The molecular formula is C14H18FN3O3. The maximum absolute atomic E-state index is 13.3. The lowest BCUT2D eigenvalue weighted by atomic mass is 9.96. The summed E-state index contributed by atoms with van der Waals surface area (Å²) in [4.78, 5) is 24.3. The van der Waals surface area contributed by atoms with E-state index in [9.17, 15) is 19.3 Å². The number of amides is 1. The molecule has 0 radical (unpaired) electrons. The van der Waals surface area contributed by atoms with E-state index < -0.39 is 16.6 Å². The van der Waals surface area contributed by atoms with Gasteiger partial charge in [0.25, 0.3) is 11.6 Å². The fraction of sp³-hybridized carbons (Fsp3) is 0.500. The topological polar surface area (TPSA) is 75.5 Å². The van der Waals surface area contributed by atoms with Gasteiger partial charge in [0.05, 0.1) is 4.92 Å². The van der Waals surface area contributed by atoms with E-state index in [1.807, 2.05) is 7.05 Å². The zero-order valence-electron chi connectivity index (χ0n) is 11.8. The maximum atomic E-state index is 13.3. The molecule has 1 saturated heterocycles. The van der Waals surface area contributed by atoms with Gasteiger partial charge in [0.2, 0.25) is 0 Å². The van der Waals surface area contributed by atoms with Crippen LogP contribution in [0.4, 0.5) is 10.1 Å². The maximum Gasteiger partial charge on any atom is 0.282 e. The van der Waals surface area contributed by atoms with Crippen LogP contribution in [0.3, 0.4) is 0 Å². The lowest BCUT2D eigenvalue weighted by Gasteiger charge is -2.31. The molecule has 0 aromatic heterocycles. The third-order valence-electron chi connectivity index (χ3n) is 3.78. The molecule has 1 fully saturated rings. The summed E-state index contributed by atoms with van der Waals surface area (Å²) in [6.07, 6.45) is 1.69. The minimum Gasteiger partial charge on any atom is -0.338 e. The number of hydrogen-bond acceptors (Lipinski definition) is 4. The van der Waals surface area contributed by atoms with Crippen LogP contribution in [0.15, 0.2) is 18.2 Å². The van der Waals surface area contributed by atoms with Crippen molar-refractivity contribution in [1.29, 1.82) is 0 Å². The Bertz CT molecular complexity index is 542. The summed E-state index contributed by atoms with van der Waals surface area (Å²) >= 11 is 0. The number of nitrogens with zero attached hydrogens (tertiary/aromatic N) is 2. The quantitative estimate of drug-likeness (QED) is 0.679. The molecule has 1 aromatic carbocycles. The Morgan fingerprint density at radius 3 is 2.71 bits per heavy atom. The molecular weight excluding hydrogens is 277 g/mol. The Hall–Kier alpha value is -2.02. The van der Waals surface area contributed by atoms with Crippen LogP contribution in [0, 0.1) is 21.8 Å². The fourth-order valence-electron chi connectivity index (χ4n) is 2.64. The molecule has 1 heterocycles. The fourth-order valence-corrected chi connectivity index (χ4v) is 2.64. The number of halogens is 1. The largest absolute Gasteiger partial charge is 0.338 e. The minimum atomic E-state index is -0.652. The number of hydrogen-bond donors (Lipinski definition) is 1. The van der Waals surface area contributed by atoms with Gasteiger partial charge in [-0.15, -0.1) is 0 Å². The van der Waals surface area contributed by atoms with E-state index in [0.29, 0.717) is 19.0 Å². The Balaban J connectivity index is 2.14. The molecule has 1 aliphatic heterocycles. The predicted octanol–water partition coefficient (Wildman–Crippen LogP) is 1.81. The number of benzene rings is 1. The van der Waals surface area contributed by atoms with Crippen LogP contribution in [-0.4, -0.2) is 42.4 Å². The van der Waals surface area contributed by atoms with Crippen molar-refractivity contribution in [3.63, 3.8) is 0 Å². The first-order valence-electron chi connectivity index (χ1n) is 6.90. The molecule has 1 N–H and O–H groups in total. The highest BCUT2D eigenvalue weighted by atomic mass is 19.1. The first kappa shape index (κ1) is 15.4. The van der Waals surface area contributed by atoms with Crippen LogP contribution < -0.4 is 5.32 Å². The second-order valence-electron chi connectivity index (χ2n) is 5.21. The Morgan fingerprint density at radius 1 is 1.48 bits per heavy atom. The van der Waals surface area contributed by atoms with E-state index in [0.717, 1.165) is 37.6 Å². The highest BCUT2D eigenvalue weighted by Gasteiger charge is 2.28. The molecule has 6 nitrogen and oxygen atoms in total. The van der Waals surface area contributed by atoms with E-state index >= 15 is 0 Å². The number of nitro benzene ring substituents is 1. The number of likely N-dealkylation sites (tertiary alicyclic amines) is 1. The van der Waals surface area contributed by atoms with Gasteiger partial charge in [-0.1, -0.05) is 0 Å². The number of nitro groups is 1. The normalized spacial score (nSPS) is 16.0. The van der Waals surface area contributed by atoms with Crippen LogP contribution in [-0.2, 0) is 0 Å². The molecule has 1 amide bonds. The molecule has 1 aliphatic rings. The molecule has 21 heavy (non-hydrogen) atoms. The zero-order valence-corrected chi connectivity index (χ0v) is 11.8. The van der Waals surface area contributed by atoms with Crippen molar-refractivity contribution in [2.24, 2.45) is 5.92 Å². The first-order chi connectivity index (χ1) is 10.0. The highest BCUT2D eigenvalue weighted by molar-refractivity contribution is 5.98. The van der Waals surface area contributed by atoms with Crippen molar-refractivity contribution in [3.8, 4) is 0 Å². The Kier molecular flexibility index (Phi) is 4.85. The molecule has 7 heteroatoms. The smallest absolute Gasteiger partial charge is 0.282 e. The van der Waals surface area contributed by atoms with Gasteiger partial charge >= 0.3 is 0 Å². The highest BCUT2D eigenvalue weighted by Crippen LogP contribution is 2.24. The molecule has 0 saturated carbocycles. The molecule has 0 bridgehead atoms. The SMILES string of the molecule is CNCC1CCN(C(=O)c2cc(F)ccc2[N+](=O)[O-])CC1. The van der Waals surface area contributed by atoms with Gasteiger partial charge in [0.1, 0.15) is 11.4 Å². The second kappa shape index (κ2) is 6.62. The first-order valence-corrected chi connectivity index (χ1v) is 6.90. The standard InChI is InChI=1S/C14H18FN3O3/c1-16-9-10-4-6-17(7-5-10)14(19)12-8-11(15)2-3-13(12)18(20)21/h2-3,8,10,16H,4-7,9H2,1H3. The van der Waals surface area contributed by atoms with E-state index in [2.05, 4.69) is 5.32 Å². The summed E-state index contributed by atoms with van der Waals surface area (Å²) in [6.45, 7) is 1.97. The summed E-state index contributed by atoms with van der Waals surface area (Å²) in [5, 5.41) is 14.1. The monoisotopic (exact) mass is 295 g/mol. The van der Waals surface area contributed by atoms with Gasteiger partial charge in [-0.3, -0.25) is 14.9 Å². The second-order valence-corrected chi connectivity index (χ2v) is 5.21.